The summed E-state index contributed by atoms with van der Waals surface area (Å²) in [5.41, 5.74) is 3.65. The van der Waals surface area contributed by atoms with Crippen LogP contribution in [0.4, 0.5) is 10.2 Å². The molecular formula is C11H13FN6O. The lowest BCUT2D eigenvalue weighted by Gasteiger charge is -2.07. The van der Waals surface area contributed by atoms with Crippen LogP contribution in [-0.2, 0) is 6.54 Å². The average Bonchev–Trinajstić information content (AvgIpc) is 2.82. The van der Waals surface area contributed by atoms with Gasteiger partial charge < -0.3 is 10.7 Å². The Morgan fingerprint density at radius 3 is 3.00 bits per heavy atom. The molecule has 0 radical (unpaired) electrons. The van der Waals surface area contributed by atoms with Gasteiger partial charge in [0.15, 0.2) is 11.6 Å². The Balaban J connectivity index is 2.10. The summed E-state index contributed by atoms with van der Waals surface area (Å²) in [4.78, 5) is 15.5. The molecule has 0 atom stereocenters. The Hall–Kier alpha value is -2.48. The number of aromatic amines is 1. The van der Waals surface area contributed by atoms with Crippen molar-refractivity contribution in [1.29, 1.82) is 0 Å². The maximum atomic E-state index is 13.8. The molecule has 2 aromatic heterocycles. The van der Waals surface area contributed by atoms with Crippen LogP contribution in [0.15, 0.2) is 18.5 Å². The van der Waals surface area contributed by atoms with E-state index in [1.54, 1.807) is 6.20 Å². The quantitative estimate of drug-likeness (QED) is 0.474. The van der Waals surface area contributed by atoms with E-state index < -0.39 is 11.7 Å². The highest BCUT2D eigenvalue weighted by Gasteiger charge is 2.15. The van der Waals surface area contributed by atoms with Crippen molar-refractivity contribution < 1.29 is 9.18 Å². The van der Waals surface area contributed by atoms with Gasteiger partial charge in [0.05, 0.1) is 11.8 Å². The highest BCUT2D eigenvalue weighted by Crippen LogP contribution is 2.14. The van der Waals surface area contributed by atoms with Gasteiger partial charge in [-0.3, -0.25) is 9.89 Å². The van der Waals surface area contributed by atoms with Crippen LogP contribution < -0.4 is 16.6 Å². The number of carbonyl (C=O) groups is 1. The van der Waals surface area contributed by atoms with Crippen molar-refractivity contribution in [2.45, 2.75) is 13.5 Å². The van der Waals surface area contributed by atoms with Crippen molar-refractivity contribution in [1.82, 2.24) is 20.5 Å². The number of hydrogen-bond acceptors (Lipinski definition) is 5. The van der Waals surface area contributed by atoms with Gasteiger partial charge in [0.1, 0.15) is 0 Å². The van der Waals surface area contributed by atoms with Gasteiger partial charge in [0, 0.05) is 24.0 Å². The highest BCUT2D eigenvalue weighted by atomic mass is 19.1. The number of nitrogens with zero attached hydrogens (tertiary/aromatic N) is 2. The SMILES string of the molecule is Cc1[nH]ncc1CNC(=O)c1ccnc(NN)c1F. The van der Waals surface area contributed by atoms with Crippen LogP contribution in [-0.4, -0.2) is 21.1 Å². The first-order chi connectivity index (χ1) is 9.13. The maximum Gasteiger partial charge on any atom is 0.254 e. The minimum Gasteiger partial charge on any atom is -0.348 e. The topological polar surface area (TPSA) is 109 Å². The smallest absolute Gasteiger partial charge is 0.254 e. The van der Waals surface area contributed by atoms with Gasteiger partial charge in [0.2, 0.25) is 0 Å². The van der Waals surface area contributed by atoms with Crippen molar-refractivity contribution in [2.24, 2.45) is 5.84 Å². The number of aryl methyl sites for hydroxylation is 1. The molecule has 0 aliphatic rings. The number of carbonyl (C=O) groups excluding carboxylic acids is 1. The molecule has 0 aromatic carbocycles. The van der Waals surface area contributed by atoms with E-state index in [-0.39, 0.29) is 17.9 Å². The van der Waals surface area contributed by atoms with Crippen molar-refractivity contribution in [3.63, 3.8) is 0 Å². The van der Waals surface area contributed by atoms with Crippen LogP contribution in [0, 0.1) is 12.7 Å². The van der Waals surface area contributed by atoms with Crippen LogP contribution >= 0.6 is 0 Å². The molecular weight excluding hydrogens is 251 g/mol. The first-order valence-electron chi connectivity index (χ1n) is 5.51. The summed E-state index contributed by atoms with van der Waals surface area (Å²) in [5, 5.41) is 9.18. The van der Waals surface area contributed by atoms with Gasteiger partial charge in [0.25, 0.3) is 5.91 Å². The van der Waals surface area contributed by atoms with E-state index in [1.807, 2.05) is 6.92 Å². The number of nitrogens with two attached hydrogens (primary N) is 1. The number of hydrazine groups is 1. The molecule has 8 heteroatoms. The molecule has 5 N–H and O–H groups in total. The molecule has 7 nitrogen and oxygen atoms in total. The van der Waals surface area contributed by atoms with Gasteiger partial charge in [-0.25, -0.2) is 15.2 Å². The molecule has 2 rings (SSSR count). The molecule has 0 spiro atoms. The molecule has 0 saturated heterocycles. The molecule has 0 aliphatic carbocycles. The number of aromatic nitrogens is 3. The summed E-state index contributed by atoms with van der Waals surface area (Å²) in [6, 6.07) is 1.29. The van der Waals surface area contributed by atoms with E-state index >= 15 is 0 Å². The molecule has 19 heavy (non-hydrogen) atoms. The second kappa shape index (κ2) is 5.44. The number of rotatable bonds is 4. The lowest BCUT2D eigenvalue weighted by Crippen LogP contribution is -2.25. The number of H-pyrrole nitrogens is 1. The lowest BCUT2D eigenvalue weighted by molar-refractivity contribution is 0.0947. The Bertz CT molecular complexity index is 597. The minimum absolute atomic E-state index is 0.121. The first kappa shape index (κ1) is 13.0. The predicted molar refractivity (Wildman–Crippen MR) is 66.5 cm³/mol. The summed E-state index contributed by atoms with van der Waals surface area (Å²) in [7, 11) is 0. The third-order valence-corrected chi connectivity index (χ3v) is 2.64. The molecule has 0 unspecified atom stereocenters. The number of nitrogens with one attached hydrogen (secondary N) is 3. The number of anilines is 1. The molecule has 0 aliphatic heterocycles. The highest BCUT2D eigenvalue weighted by molar-refractivity contribution is 5.95. The lowest BCUT2D eigenvalue weighted by atomic mass is 10.2. The Kier molecular flexibility index (Phi) is 3.71. The molecule has 100 valence electrons. The van der Waals surface area contributed by atoms with Gasteiger partial charge in [-0.1, -0.05) is 0 Å². The number of pyridine rings is 1. The van der Waals surface area contributed by atoms with Gasteiger partial charge in [-0.15, -0.1) is 0 Å². The standard InChI is InChI=1S/C11H13FN6O/c1-6-7(5-16-18-6)4-15-11(19)8-2-3-14-10(17-13)9(8)12/h2-3,5H,4,13H2,1H3,(H,14,17)(H,15,19)(H,16,18). The third kappa shape index (κ3) is 2.68. The number of halogens is 1. The second-order valence-corrected chi connectivity index (χ2v) is 3.87. The van der Waals surface area contributed by atoms with Crippen molar-refractivity contribution in [3.8, 4) is 0 Å². The van der Waals surface area contributed by atoms with E-state index in [4.69, 9.17) is 5.84 Å². The van der Waals surface area contributed by atoms with E-state index in [0.29, 0.717) is 0 Å². The fraction of sp³-hybridized carbons (Fsp3) is 0.182. The Morgan fingerprint density at radius 1 is 1.58 bits per heavy atom. The number of amides is 1. The van der Waals surface area contributed by atoms with Crippen molar-refractivity contribution in [3.05, 3.63) is 41.1 Å². The molecule has 2 aromatic rings. The van der Waals surface area contributed by atoms with Crippen molar-refractivity contribution in [2.75, 3.05) is 5.43 Å². The number of nitrogen functional groups attached to an aromatic ring is 1. The number of hydrogen-bond donors (Lipinski definition) is 4. The fourth-order valence-corrected chi connectivity index (χ4v) is 1.54. The first-order valence-corrected chi connectivity index (χ1v) is 5.51. The molecule has 0 bridgehead atoms. The minimum atomic E-state index is -0.786. The zero-order valence-corrected chi connectivity index (χ0v) is 10.2. The van der Waals surface area contributed by atoms with Crippen molar-refractivity contribution >= 4 is 11.7 Å². The summed E-state index contributed by atoms with van der Waals surface area (Å²) in [6.07, 6.45) is 2.90. The van der Waals surface area contributed by atoms with Gasteiger partial charge >= 0.3 is 0 Å². The zero-order valence-electron chi connectivity index (χ0n) is 10.2. The fourth-order valence-electron chi connectivity index (χ4n) is 1.54. The van der Waals surface area contributed by atoms with Crippen LogP contribution in [0.3, 0.4) is 0 Å². The molecule has 0 fully saturated rings. The molecule has 2 heterocycles. The predicted octanol–water partition coefficient (Wildman–Crippen LogP) is 0.468. The van der Waals surface area contributed by atoms with E-state index in [2.05, 4.69) is 25.9 Å². The van der Waals surface area contributed by atoms with Crippen LogP contribution in [0.25, 0.3) is 0 Å². The largest absolute Gasteiger partial charge is 0.348 e. The molecule has 1 amide bonds. The van der Waals surface area contributed by atoms with E-state index in [9.17, 15) is 9.18 Å². The maximum absolute atomic E-state index is 13.8. The van der Waals surface area contributed by atoms with Crippen LogP contribution in [0.5, 0.6) is 0 Å². The zero-order chi connectivity index (χ0) is 13.8. The Labute approximate surface area is 108 Å². The summed E-state index contributed by atoms with van der Waals surface area (Å²) >= 11 is 0. The summed E-state index contributed by atoms with van der Waals surface area (Å²) in [5.74, 6) is 3.59. The summed E-state index contributed by atoms with van der Waals surface area (Å²) in [6.45, 7) is 2.09. The average molecular weight is 264 g/mol. The molecule has 0 saturated carbocycles. The monoisotopic (exact) mass is 264 g/mol. The van der Waals surface area contributed by atoms with Gasteiger partial charge in [-0.05, 0) is 13.0 Å². The van der Waals surface area contributed by atoms with E-state index in [0.717, 1.165) is 11.3 Å². The normalized spacial score (nSPS) is 10.3. The Morgan fingerprint density at radius 2 is 2.37 bits per heavy atom. The third-order valence-electron chi connectivity index (χ3n) is 2.64. The summed E-state index contributed by atoms with van der Waals surface area (Å²) < 4.78 is 13.8. The van der Waals surface area contributed by atoms with Crippen LogP contribution in [0.1, 0.15) is 21.6 Å². The van der Waals surface area contributed by atoms with Crippen LogP contribution in [0.2, 0.25) is 0 Å². The van der Waals surface area contributed by atoms with E-state index in [1.165, 1.54) is 12.3 Å². The second-order valence-electron chi connectivity index (χ2n) is 3.87. The van der Waals surface area contributed by atoms with Gasteiger partial charge in [-0.2, -0.15) is 5.10 Å².